The summed E-state index contributed by atoms with van der Waals surface area (Å²) in [5.41, 5.74) is 3.32. The second-order valence-corrected chi connectivity index (χ2v) is 11.0. The van der Waals surface area contributed by atoms with Gasteiger partial charge in [-0.3, -0.25) is 4.79 Å². The van der Waals surface area contributed by atoms with Gasteiger partial charge in [0.25, 0.3) is 5.91 Å². The van der Waals surface area contributed by atoms with Gasteiger partial charge in [-0.15, -0.1) is 0 Å². The van der Waals surface area contributed by atoms with Crippen LogP contribution in [0.5, 0.6) is 11.5 Å². The molecule has 2 unspecified atom stereocenters. The van der Waals surface area contributed by atoms with Gasteiger partial charge in [-0.05, 0) is 60.9 Å². The van der Waals surface area contributed by atoms with Gasteiger partial charge >= 0.3 is 11.9 Å². The Hall–Kier alpha value is -4.51. The predicted octanol–water partition coefficient (Wildman–Crippen LogP) is 5.98. The molecule has 1 aliphatic heterocycles. The van der Waals surface area contributed by atoms with Crippen molar-refractivity contribution in [3.05, 3.63) is 83.6 Å². The molecule has 0 bridgehead atoms. The molecule has 0 saturated heterocycles. The highest BCUT2D eigenvalue weighted by molar-refractivity contribution is 5.90. The van der Waals surface area contributed by atoms with E-state index in [9.17, 15) is 18.4 Å². The number of benzene rings is 3. The lowest BCUT2D eigenvalue weighted by Gasteiger charge is -2.28. The molecule has 43 heavy (non-hydrogen) atoms. The zero-order valence-electron chi connectivity index (χ0n) is 24.3. The van der Waals surface area contributed by atoms with E-state index < -0.39 is 29.9 Å². The lowest BCUT2D eigenvalue weighted by Crippen LogP contribution is -2.46. The van der Waals surface area contributed by atoms with Gasteiger partial charge in [0.1, 0.15) is 17.6 Å². The zero-order valence-corrected chi connectivity index (χ0v) is 24.3. The number of halogens is 2. The molecular weight excluding hydrogens is 560 g/mol. The van der Waals surface area contributed by atoms with Crippen LogP contribution in [0.1, 0.15) is 55.3 Å². The van der Waals surface area contributed by atoms with Crippen LogP contribution in [0, 0.1) is 5.92 Å². The summed E-state index contributed by atoms with van der Waals surface area (Å²) in [6.45, 7) is 6.90. The minimum atomic E-state index is -3.55. The summed E-state index contributed by atoms with van der Waals surface area (Å²) in [5.74, 6) is -4.09. The van der Waals surface area contributed by atoms with E-state index in [1.807, 2.05) is 32.0 Å². The maximum Gasteiger partial charge on any atom is 0.338 e. The highest BCUT2D eigenvalue weighted by atomic mass is 19.3. The summed E-state index contributed by atoms with van der Waals surface area (Å²) in [6, 6.07) is 16.9. The second-order valence-electron chi connectivity index (χ2n) is 11.0. The summed E-state index contributed by atoms with van der Waals surface area (Å²) in [4.78, 5) is 24.6. The molecule has 2 heterocycles. The van der Waals surface area contributed by atoms with Gasteiger partial charge in [0.2, 0.25) is 0 Å². The van der Waals surface area contributed by atoms with Crippen LogP contribution in [-0.2, 0) is 20.9 Å². The largest absolute Gasteiger partial charge is 0.484 e. The van der Waals surface area contributed by atoms with Crippen molar-refractivity contribution in [2.45, 2.75) is 52.4 Å². The average molecular weight is 594 g/mol. The fourth-order valence-electron chi connectivity index (χ4n) is 4.65. The van der Waals surface area contributed by atoms with Crippen molar-refractivity contribution >= 4 is 22.8 Å². The first-order valence-corrected chi connectivity index (χ1v) is 13.9. The van der Waals surface area contributed by atoms with E-state index in [0.29, 0.717) is 48.5 Å². The van der Waals surface area contributed by atoms with Crippen molar-refractivity contribution in [3.63, 3.8) is 0 Å². The van der Waals surface area contributed by atoms with E-state index in [4.69, 9.17) is 18.9 Å². The average Bonchev–Trinajstić information content (AvgIpc) is 3.41. The Morgan fingerprint density at radius 3 is 2.67 bits per heavy atom. The Bertz CT molecular complexity index is 1630. The molecule has 9 nitrogen and oxygen atoms in total. The molecule has 1 aromatic heterocycles. The van der Waals surface area contributed by atoms with Crippen molar-refractivity contribution < 1.29 is 37.3 Å². The first-order valence-electron chi connectivity index (χ1n) is 13.9. The molecule has 11 heteroatoms. The number of carbonyl (C=O) groups excluding carboxylic acids is 2. The van der Waals surface area contributed by atoms with Gasteiger partial charge in [0.05, 0.1) is 42.2 Å². The summed E-state index contributed by atoms with van der Waals surface area (Å²) in [6.07, 6.45) is 0.834. The topological polar surface area (TPSA) is 101 Å². The summed E-state index contributed by atoms with van der Waals surface area (Å²) < 4.78 is 51.8. The number of alkyl halides is 2. The van der Waals surface area contributed by atoms with Crippen molar-refractivity contribution in [2.24, 2.45) is 5.92 Å². The van der Waals surface area contributed by atoms with E-state index >= 15 is 0 Å². The first-order chi connectivity index (χ1) is 20.5. The van der Waals surface area contributed by atoms with Gasteiger partial charge in [0, 0.05) is 17.9 Å². The van der Waals surface area contributed by atoms with Crippen LogP contribution in [0.15, 0.2) is 66.9 Å². The summed E-state index contributed by atoms with van der Waals surface area (Å²) in [7, 11) is 0. The number of amides is 1. The van der Waals surface area contributed by atoms with Crippen LogP contribution in [0.25, 0.3) is 16.6 Å². The zero-order chi connectivity index (χ0) is 30.7. The number of esters is 1. The standard InChI is InChI=1S/C32H33F2N3O6/c1-19(2)16-41-30(38)22-6-5-7-25(12-22)37-27-11-10-26(13-24(27)15-35-37)43-29(20(3)36-31(39)32(4,33)34)21-8-9-23-17-40-18-42-28(23)14-21/h5-15,19-20,29H,16-18H2,1-4H3,(H,36,39). The number of fused-ring (bicyclic) bond motifs is 2. The lowest BCUT2D eigenvalue weighted by molar-refractivity contribution is -0.144. The minimum absolute atomic E-state index is 0.0962. The second kappa shape index (κ2) is 12.4. The highest BCUT2D eigenvalue weighted by Crippen LogP contribution is 2.33. The Kier molecular flexibility index (Phi) is 8.63. The molecule has 1 N–H and O–H groups in total. The molecule has 4 aromatic rings. The molecule has 0 aliphatic carbocycles. The van der Waals surface area contributed by atoms with Crippen LogP contribution < -0.4 is 14.8 Å². The van der Waals surface area contributed by atoms with Gasteiger partial charge in [-0.1, -0.05) is 32.0 Å². The Labute approximate surface area is 247 Å². The van der Waals surface area contributed by atoms with Crippen molar-refractivity contribution in [3.8, 4) is 17.2 Å². The van der Waals surface area contributed by atoms with Crippen molar-refractivity contribution in [2.75, 3.05) is 13.4 Å². The molecule has 2 atom stereocenters. The normalized spacial score (nSPS) is 14.5. The van der Waals surface area contributed by atoms with Crippen molar-refractivity contribution in [1.82, 2.24) is 15.1 Å². The SMILES string of the molecule is CC(C)COC(=O)c1cccc(-n2ncc3cc(OC(c4ccc5c(c4)OCOC5)C(C)NC(=O)C(C)(F)F)ccc32)c1. The third kappa shape index (κ3) is 6.94. The van der Waals surface area contributed by atoms with Crippen LogP contribution in [0.3, 0.4) is 0 Å². The maximum absolute atomic E-state index is 13.7. The molecule has 0 saturated carbocycles. The van der Waals surface area contributed by atoms with E-state index in [-0.39, 0.29) is 12.7 Å². The highest BCUT2D eigenvalue weighted by Gasteiger charge is 2.35. The van der Waals surface area contributed by atoms with E-state index in [1.54, 1.807) is 60.3 Å². The van der Waals surface area contributed by atoms with Gasteiger partial charge in [0.15, 0.2) is 6.79 Å². The Morgan fingerprint density at radius 1 is 1.09 bits per heavy atom. The number of carbonyl (C=O) groups is 2. The maximum atomic E-state index is 13.7. The van der Waals surface area contributed by atoms with Gasteiger partial charge < -0.3 is 24.3 Å². The number of ether oxygens (including phenoxy) is 4. The molecular formula is C32H33F2N3O6. The van der Waals surface area contributed by atoms with E-state index in [0.717, 1.165) is 16.5 Å². The molecule has 0 spiro atoms. The summed E-state index contributed by atoms with van der Waals surface area (Å²) >= 11 is 0. The molecule has 226 valence electrons. The number of aromatic nitrogens is 2. The Morgan fingerprint density at radius 2 is 1.91 bits per heavy atom. The molecule has 0 radical (unpaired) electrons. The Balaban J connectivity index is 1.42. The molecule has 3 aromatic carbocycles. The van der Waals surface area contributed by atoms with Crippen LogP contribution >= 0.6 is 0 Å². The molecule has 1 aliphatic rings. The number of nitrogens with one attached hydrogen (secondary N) is 1. The smallest absolute Gasteiger partial charge is 0.338 e. The number of hydrogen-bond acceptors (Lipinski definition) is 7. The summed E-state index contributed by atoms with van der Waals surface area (Å²) in [5, 5.41) is 7.63. The van der Waals surface area contributed by atoms with Crippen LogP contribution in [0.2, 0.25) is 0 Å². The van der Waals surface area contributed by atoms with Gasteiger partial charge in [-0.25, -0.2) is 9.48 Å². The fraction of sp³-hybridized carbons (Fsp3) is 0.344. The van der Waals surface area contributed by atoms with Crippen LogP contribution in [0.4, 0.5) is 8.78 Å². The quantitative estimate of drug-likeness (QED) is 0.226. The first kappa shape index (κ1) is 30.0. The number of nitrogens with zero attached hydrogens (tertiary/aromatic N) is 2. The number of hydrogen-bond donors (Lipinski definition) is 1. The molecule has 0 fully saturated rings. The lowest BCUT2D eigenvalue weighted by atomic mass is 10.00. The predicted molar refractivity (Wildman–Crippen MR) is 155 cm³/mol. The molecule has 1 amide bonds. The molecule has 5 rings (SSSR count). The third-order valence-electron chi connectivity index (χ3n) is 6.86. The number of rotatable bonds is 10. The van der Waals surface area contributed by atoms with E-state index in [2.05, 4.69) is 10.4 Å². The minimum Gasteiger partial charge on any atom is -0.484 e. The van der Waals surface area contributed by atoms with E-state index in [1.165, 1.54) is 0 Å². The van der Waals surface area contributed by atoms with Gasteiger partial charge in [-0.2, -0.15) is 13.9 Å². The van der Waals surface area contributed by atoms with Crippen molar-refractivity contribution in [1.29, 1.82) is 0 Å². The monoisotopic (exact) mass is 593 g/mol. The third-order valence-corrected chi connectivity index (χ3v) is 6.86. The van der Waals surface area contributed by atoms with Crippen LogP contribution in [-0.4, -0.2) is 47.0 Å². The fourth-order valence-corrected chi connectivity index (χ4v) is 4.65.